The molecule has 3 aromatic rings. The van der Waals surface area contributed by atoms with E-state index in [-0.39, 0.29) is 5.91 Å². The number of hydrogen-bond acceptors (Lipinski definition) is 4. The summed E-state index contributed by atoms with van der Waals surface area (Å²) in [6.45, 7) is 0. The lowest BCUT2D eigenvalue weighted by atomic mass is 10.0. The van der Waals surface area contributed by atoms with E-state index in [1.807, 2.05) is 60.7 Å². The highest BCUT2D eigenvalue weighted by molar-refractivity contribution is 14.1. The highest BCUT2D eigenvalue weighted by Gasteiger charge is 2.35. The average Bonchev–Trinajstić information content (AvgIpc) is 2.74. The molecule has 5 nitrogen and oxygen atoms in total. The van der Waals surface area contributed by atoms with Crippen molar-refractivity contribution in [3.8, 4) is 11.5 Å². The molecule has 29 heavy (non-hydrogen) atoms. The van der Waals surface area contributed by atoms with Crippen LogP contribution in [-0.2, 0) is 0 Å². The minimum atomic E-state index is -0.434. The van der Waals surface area contributed by atoms with Crippen molar-refractivity contribution < 1.29 is 14.3 Å². The third kappa shape index (κ3) is 3.81. The summed E-state index contributed by atoms with van der Waals surface area (Å²) in [5.41, 5.74) is 3.06. The Bertz CT molecular complexity index is 1070. The molecule has 0 fully saturated rings. The molecule has 1 amide bonds. The molecule has 0 bridgehead atoms. The van der Waals surface area contributed by atoms with E-state index in [0.29, 0.717) is 11.3 Å². The molecule has 1 aliphatic rings. The molecular formula is C22H18BrIN2O3. The summed E-state index contributed by atoms with van der Waals surface area (Å²) in [7, 11) is 3.25. The van der Waals surface area contributed by atoms with Crippen LogP contribution in [0.4, 0.5) is 11.4 Å². The lowest BCUT2D eigenvalue weighted by Gasteiger charge is -2.38. The Morgan fingerprint density at radius 1 is 1.00 bits per heavy atom. The topological polar surface area (TPSA) is 50.8 Å². The van der Waals surface area contributed by atoms with E-state index in [0.717, 1.165) is 30.7 Å². The lowest BCUT2D eigenvalue weighted by Crippen LogP contribution is -2.43. The Balaban J connectivity index is 1.89. The minimum absolute atomic E-state index is 0.0746. The number of hydrogen-bond donors (Lipinski definition) is 1. The first kappa shape index (κ1) is 20.0. The third-order valence-corrected chi connectivity index (χ3v) is 5.98. The molecule has 0 aromatic heterocycles. The second-order valence-corrected chi connectivity index (χ2v) is 8.66. The van der Waals surface area contributed by atoms with Gasteiger partial charge in [-0.05, 0) is 83.3 Å². The summed E-state index contributed by atoms with van der Waals surface area (Å²) < 4.78 is 12.8. The van der Waals surface area contributed by atoms with E-state index in [1.54, 1.807) is 19.1 Å². The molecule has 0 aliphatic carbocycles. The number of carbonyl (C=O) groups is 1. The molecule has 0 radical (unpaired) electrons. The largest absolute Gasteiger partial charge is 0.497 e. The zero-order chi connectivity index (χ0) is 20.5. The highest BCUT2D eigenvalue weighted by Crippen LogP contribution is 2.41. The van der Waals surface area contributed by atoms with E-state index < -0.39 is 6.17 Å². The molecule has 1 N–H and O–H groups in total. The van der Waals surface area contributed by atoms with Gasteiger partial charge in [-0.3, -0.25) is 9.69 Å². The molecule has 148 valence electrons. The van der Waals surface area contributed by atoms with Gasteiger partial charge in [0, 0.05) is 25.0 Å². The molecule has 0 saturated carbocycles. The summed E-state index contributed by atoms with van der Waals surface area (Å²) in [6.07, 6.45) is -0.434. The number of amides is 1. The maximum Gasteiger partial charge on any atom is 0.262 e. The summed E-state index contributed by atoms with van der Waals surface area (Å²) >= 11 is 5.76. The van der Waals surface area contributed by atoms with Crippen LogP contribution in [0.1, 0.15) is 22.1 Å². The van der Waals surface area contributed by atoms with Gasteiger partial charge >= 0.3 is 0 Å². The Kier molecular flexibility index (Phi) is 5.69. The fourth-order valence-corrected chi connectivity index (χ4v) is 4.29. The van der Waals surface area contributed by atoms with Crippen LogP contribution >= 0.6 is 38.5 Å². The number of rotatable bonds is 4. The first-order valence-corrected chi connectivity index (χ1v) is 10.8. The van der Waals surface area contributed by atoms with Crippen LogP contribution in [0.5, 0.6) is 11.5 Å². The molecule has 0 saturated heterocycles. The number of methoxy groups -OCH3 is 2. The van der Waals surface area contributed by atoms with Gasteiger partial charge in [-0.15, -0.1) is 0 Å². The molecular weight excluding hydrogens is 547 g/mol. The number of nitrogens with one attached hydrogen (secondary N) is 1. The lowest BCUT2D eigenvalue weighted by molar-refractivity contribution is 0.0974. The number of halogens is 2. The number of nitrogens with zero attached hydrogens (tertiary/aromatic N) is 1. The second kappa shape index (κ2) is 8.23. The number of benzene rings is 3. The summed E-state index contributed by atoms with van der Waals surface area (Å²) in [4.78, 5) is 15.3. The van der Waals surface area contributed by atoms with Crippen LogP contribution in [0.25, 0.3) is 0 Å². The van der Waals surface area contributed by atoms with Gasteiger partial charge in [0.1, 0.15) is 17.7 Å². The minimum Gasteiger partial charge on any atom is -0.497 e. The molecule has 1 atom stereocenters. The fourth-order valence-electron chi connectivity index (χ4n) is 3.42. The van der Waals surface area contributed by atoms with Gasteiger partial charge in [-0.25, -0.2) is 0 Å². The zero-order valence-corrected chi connectivity index (χ0v) is 19.5. The zero-order valence-electron chi connectivity index (χ0n) is 15.8. The smallest absolute Gasteiger partial charge is 0.262 e. The van der Waals surface area contributed by atoms with E-state index in [1.165, 1.54) is 0 Å². The number of anilines is 2. The molecule has 0 unspecified atom stereocenters. The second-order valence-electron chi connectivity index (χ2n) is 6.50. The Morgan fingerprint density at radius 2 is 1.76 bits per heavy atom. The van der Waals surface area contributed by atoms with Crippen molar-refractivity contribution in [3.05, 3.63) is 79.8 Å². The van der Waals surface area contributed by atoms with Gasteiger partial charge in [-0.1, -0.05) is 15.9 Å². The number of fused-ring (bicyclic) bond motifs is 1. The predicted octanol–water partition coefficient (Wildman–Crippen LogP) is 5.84. The van der Waals surface area contributed by atoms with Crippen LogP contribution in [-0.4, -0.2) is 20.1 Å². The first-order valence-electron chi connectivity index (χ1n) is 8.89. The summed E-state index contributed by atoms with van der Waals surface area (Å²) in [6, 6.07) is 19.1. The summed E-state index contributed by atoms with van der Waals surface area (Å²) in [5.74, 6) is 1.36. The van der Waals surface area contributed by atoms with E-state index in [9.17, 15) is 4.79 Å². The van der Waals surface area contributed by atoms with Gasteiger partial charge in [-0.2, -0.15) is 0 Å². The van der Waals surface area contributed by atoms with Crippen molar-refractivity contribution >= 4 is 55.8 Å². The molecule has 1 aliphatic heterocycles. The summed E-state index contributed by atoms with van der Waals surface area (Å²) in [5, 5.41) is 3.52. The third-order valence-electron chi connectivity index (χ3n) is 4.82. The fraction of sp³-hybridized carbons (Fsp3) is 0.136. The molecule has 3 aromatic carbocycles. The molecule has 7 heteroatoms. The number of carbonyl (C=O) groups excluding carboxylic acids is 1. The molecule has 1 heterocycles. The first-order chi connectivity index (χ1) is 14.0. The maximum atomic E-state index is 13.6. The van der Waals surface area contributed by atoms with Crippen LogP contribution in [0, 0.1) is 3.57 Å². The average molecular weight is 565 g/mol. The van der Waals surface area contributed by atoms with Crippen LogP contribution in [0.3, 0.4) is 0 Å². The van der Waals surface area contributed by atoms with Gasteiger partial charge < -0.3 is 14.8 Å². The number of ether oxygens (including phenoxy) is 2. The van der Waals surface area contributed by atoms with Gasteiger partial charge in [0.25, 0.3) is 5.91 Å². The maximum absolute atomic E-state index is 13.6. The molecule has 0 spiro atoms. The van der Waals surface area contributed by atoms with Gasteiger partial charge in [0.15, 0.2) is 0 Å². The van der Waals surface area contributed by atoms with Crippen molar-refractivity contribution in [1.82, 2.24) is 0 Å². The van der Waals surface area contributed by atoms with Crippen molar-refractivity contribution in [1.29, 1.82) is 0 Å². The van der Waals surface area contributed by atoms with E-state index in [4.69, 9.17) is 9.47 Å². The standard InChI is InChI=1S/C22H18BrIN2O3/c1-28-16-7-5-15(6-8-16)26-21(18-11-13(23)3-10-20(18)29-2)25-19-9-4-14(24)12-17(19)22(26)27/h3-12,21,25H,1-2H3/t21-/m1/s1. The van der Waals surface area contributed by atoms with Crippen LogP contribution in [0.15, 0.2) is 65.1 Å². The van der Waals surface area contributed by atoms with Crippen LogP contribution in [0.2, 0.25) is 0 Å². The highest BCUT2D eigenvalue weighted by atomic mass is 127. The van der Waals surface area contributed by atoms with Gasteiger partial charge in [0.2, 0.25) is 0 Å². The van der Waals surface area contributed by atoms with Gasteiger partial charge in [0.05, 0.1) is 19.8 Å². The van der Waals surface area contributed by atoms with E-state index >= 15 is 0 Å². The monoisotopic (exact) mass is 564 g/mol. The SMILES string of the molecule is COc1ccc(N2C(=O)c3cc(I)ccc3N[C@H]2c2cc(Br)ccc2OC)cc1. The van der Waals surface area contributed by atoms with Crippen molar-refractivity contribution in [2.75, 3.05) is 24.4 Å². The normalized spacial score (nSPS) is 15.5. The van der Waals surface area contributed by atoms with Crippen molar-refractivity contribution in [3.63, 3.8) is 0 Å². The van der Waals surface area contributed by atoms with Crippen molar-refractivity contribution in [2.24, 2.45) is 0 Å². The predicted molar refractivity (Wildman–Crippen MR) is 126 cm³/mol. The Hall–Kier alpha value is -2.26. The van der Waals surface area contributed by atoms with E-state index in [2.05, 4.69) is 43.8 Å². The quantitative estimate of drug-likeness (QED) is 0.404. The molecule has 4 rings (SSSR count). The van der Waals surface area contributed by atoms with Crippen LogP contribution < -0.4 is 19.7 Å². The Labute approximate surface area is 191 Å². The Morgan fingerprint density at radius 3 is 2.45 bits per heavy atom. The van der Waals surface area contributed by atoms with Crippen molar-refractivity contribution in [2.45, 2.75) is 6.17 Å².